The molecule has 1 aromatic rings. The molecule has 0 spiro atoms. The molecule has 0 saturated heterocycles. The van der Waals surface area contributed by atoms with Crippen molar-refractivity contribution >= 4 is 21.6 Å². The third-order valence-electron chi connectivity index (χ3n) is 4.04. The van der Waals surface area contributed by atoms with E-state index in [1.165, 1.54) is 0 Å². The standard InChI is InChI=1S/C15H18ClNO2S/c1-2-15(10-4-3-5-11-15)14(20(17,18)19)12-6-8-13(16)9-7-12/h1,6-9,14H,3-5,10-11H2,(H2,17,18,19). The van der Waals surface area contributed by atoms with Gasteiger partial charge in [-0.05, 0) is 30.5 Å². The SMILES string of the molecule is C#CC1(C(c2ccc(Cl)cc2)S(N)(=O)=O)CCCCC1. The highest BCUT2D eigenvalue weighted by Gasteiger charge is 2.45. The first-order chi connectivity index (χ1) is 9.39. The molecule has 20 heavy (non-hydrogen) atoms. The summed E-state index contributed by atoms with van der Waals surface area (Å²) in [6.07, 6.45) is 10.0. The Hall–Kier alpha value is -1.02. The van der Waals surface area contributed by atoms with Crippen LogP contribution in [0.25, 0.3) is 0 Å². The van der Waals surface area contributed by atoms with Crippen molar-refractivity contribution in [2.45, 2.75) is 37.4 Å². The van der Waals surface area contributed by atoms with Crippen molar-refractivity contribution in [1.82, 2.24) is 0 Å². The lowest BCUT2D eigenvalue weighted by Gasteiger charge is -2.38. The summed E-state index contributed by atoms with van der Waals surface area (Å²) in [5.41, 5.74) is -0.0867. The molecule has 1 saturated carbocycles. The van der Waals surface area contributed by atoms with Gasteiger partial charge in [-0.25, -0.2) is 13.6 Å². The largest absolute Gasteiger partial charge is 0.228 e. The summed E-state index contributed by atoms with van der Waals surface area (Å²) in [5, 5.41) is 5.18. The van der Waals surface area contributed by atoms with E-state index >= 15 is 0 Å². The molecule has 0 heterocycles. The van der Waals surface area contributed by atoms with E-state index in [0.717, 1.165) is 19.3 Å². The Balaban J connectivity index is 2.53. The fourth-order valence-electron chi connectivity index (χ4n) is 3.13. The number of primary sulfonamides is 1. The van der Waals surface area contributed by atoms with Crippen LogP contribution in [0.5, 0.6) is 0 Å². The third kappa shape index (κ3) is 3.01. The topological polar surface area (TPSA) is 60.2 Å². The van der Waals surface area contributed by atoms with Gasteiger partial charge in [0, 0.05) is 5.02 Å². The number of nitrogens with two attached hydrogens (primary N) is 1. The Kier molecular flexibility index (Phi) is 4.43. The molecule has 1 atom stereocenters. The van der Waals surface area contributed by atoms with Crippen LogP contribution < -0.4 is 5.14 Å². The van der Waals surface area contributed by atoms with Gasteiger partial charge < -0.3 is 0 Å². The Bertz CT molecular complexity index is 610. The molecule has 5 heteroatoms. The van der Waals surface area contributed by atoms with Crippen molar-refractivity contribution in [2.75, 3.05) is 0 Å². The third-order valence-corrected chi connectivity index (χ3v) is 5.67. The predicted octanol–water partition coefficient (Wildman–Crippen LogP) is 3.25. The van der Waals surface area contributed by atoms with Gasteiger partial charge >= 0.3 is 0 Å². The maximum Gasteiger partial charge on any atom is 0.217 e. The zero-order valence-corrected chi connectivity index (χ0v) is 12.8. The molecular formula is C15H18ClNO2S. The molecule has 0 bridgehead atoms. The number of hydrogen-bond donors (Lipinski definition) is 1. The summed E-state index contributed by atoms with van der Waals surface area (Å²) in [5.74, 6) is 2.75. The van der Waals surface area contributed by atoms with Crippen LogP contribution in [0.3, 0.4) is 0 Å². The van der Waals surface area contributed by atoms with Gasteiger partial charge in [0.1, 0.15) is 5.25 Å². The smallest absolute Gasteiger partial charge is 0.217 e. The van der Waals surface area contributed by atoms with Crippen molar-refractivity contribution in [3.05, 3.63) is 34.9 Å². The zero-order valence-electron chi connectivity index (χ0n) is 11.2. The van der Waals surface area contributed by atoms with E-state index in [1.807, 2.05) is 0 Å². The van der Waals surface area contributed by atoms with Gasteiger partial charge in [0.2, 0.25) is 10.0 Å². The van der Waals surface area contributed by atoms with Crippen LogP contribution in [-0.4, -0.2) is 8.42 Å². The summed E-state index contributed by atoms with van der Waals surface area (Å²) in [6, 6.07) is 6.74. The van der Waals surface area contributed by atoms with Gasteiger partial charge in [0.15, 0.2) is 0 Å². The predicted molar refractivity (Wildman–Crippen MR) is 81.7 cm³/mol. The zero-order chi connectivity index (χ0) is 14.8. The van der Waals surface area contributed by atoms with E-state index in [-0.39, 0.29) is 0 Å². The highest BCUT2D eigenvalue weighted by molar-refractivity contribution is 7.89. The summed E-state index contributed by atoms with van der Waals surface area (Å²) in [7, 11) is -3.79. The fourth-order valence-corrected chi connectivity index (χ4v) is 4.72. The van der Waals surface area contributed by atoms with Gasteiger partial charge in [0.25, 0.3) is 0 Å². The van der Waals surface area contributed by atoms with Crippen molar-refractivity contribution in [2.24, 2.45) is 10.6 Å². The van der Waals surface area contributed by atoms with E-state index in [4.69, 9.17) is 23.2 Å². The van der Waals surface area contributed by atoms with Crippen LogP contribution in [0, 0.1) is 17.8 Å². The number of rotatable bonds is 3. The molecule has 1 aliphatic carbocycles. The fraction of sp³-hybridized carbons (Fsp3) is 0.467. The van der Waals surface area contributed by atoms with E-state index in [1.54, 1.807) is 24.3 Å². The van der Waals surface area contributed by atoms with Gasteiger partial charge in [-0.1, -0.05) is 48.9 Å². The number of hydrogen-bond acceptors (Lipinski definition) is 2. The first-order valence-corrected chi connectivity index (χ1v) is 8.63. The molecule has 2 rings (SSSR count). The van der Waals surface area contributed by atoms with E-state index in [2.05, 4.69) is 5.92 Å². The van der Waals surface area contributed by atoms with Crippen molar-refractivity contribution in [1.29, 1.82) is 0 Å². The van der Waals surface area contributed by atoms with Crippen molar-refractivity contribution in [3.63, 3.8) is 0 Å². The summed E-state index contributed by atoms with van der Waals surface area (Å²) in [6.45, 7) is 0. The van der Waals surface area contributed by atoms with Crippen LogP contribution in [0.1, 0.15) is 42.9 Å². The first kappa shape index (κ1) is 15.4. The lowest BCUT2D eigenvalue weighted by molar-refractivity contribution is 0.257. The number of sulfonamides is 1. The van der Waals surface area contributed by atoms with Gasteiger partial charge in [-0.15, -0.1) is 6.42 Å². The molecule has 1 unspecified atom stereocenters. The molecule has 0 amide bonds. The lowest BCUT2D eigenvalue weighted by Crippen LogP contribution is -2.38. The van der Waals surface area contributed by atoms with E-state index < -0.39 is 20.7 Å². The minimum absolute atomic E-state index is 0.556. The highest BCUT2D eigenvalue weighted by Crippen LogP contribution is 2.48. The number of terminal acetylenes is 1. The summed E-state index contributed by atoms with van der Waals surface area (Å²) in [4.78, 5) is 0. The molecule has 108 valence electrons. The monoisotopic (exact) mass is 311 g/mol. The second-order valence-electron chi connectivity index (χ2n) is 5.38. The molecule has 0 aliphatic heterocycles. The second kappa shape index (κ2) is 5.77. The van der Waals surface area contributed by atoms with Gasteiger partial charge in [0.05, 0.1) is 5.41 Å². The number of halogens is 1. The van der Waals surface area contributed by atoms with Gasteiger partial charge in [-0.3, -0.25) is 0 Å². The lowest BCUT2D eigenvalue weighted by atomic mass is 9.70. The van der Waals surface area contributed by atoms with Crippen molar-refractivity contribution in [3.8, 4) is 12.3 Å². The van der Waals surface area contributed by atoms with Crippen molar-refractivity contribution < 1.29 is 8.42 Å². The van der Waals surface area contributed by atoms with Crippen LogP contribution in [-0.2, 0) is 10.0 Å². The molecule has 2 N–H and O–H groups in total. The molecule has 1 aliphatic rings. The van der Waals surface area contributed by atoms with Crippen LogP contribution in [0.15, 0.2) is 24.3 Å². The molecule has 1 fully saturated rings. The van der Waals surface area contributed by atoms with E-state index in [9.17, 15) is 8.42 Å². The second-order valence-corrected chi connectivity index (χ2v) is 7.47. The van der Waals surface area contributed by atoms with E-state index in [0.29, 0.717) is 23.4 Å². The quantitative estimate of drug-likeness (QED) is 0.871. The molecule has 0 aromatic heterocycles. The average Bonchev–Trinajstić information content (AvgIpc) is 2.41. The summed E-state index contributed by atoms with van der Waals surface area (Å²) < 4.78 is 24.3. The maximum absolute atomic E-state index is 12.1. The summed E-state index contributed by atoms with van der Waals surface area (Å²) >= 11 is 5.86. The molecular weight excluding hydrogens is 294 g/mol. The maximum atomic E-state index is 12.1. The molecule has 1 aromatic carbocycles. The number of benzene rings is 1. The van der Waals surface area contributed by atoms with Crippen LogP contribution in [0.2, 0.25) is 5.02 Å². The highest BCUT2D eigenvalue weighted by atomic mass is 35.5. The Morgan fingerprint density at radius 1 is 1.20 bits per heavy atom. The molecule has 0 radical (unpaired) electrons. The Labute approximate surface area is 125 Å². The molecule has 3 nitrogen and oxygen atoms in total. The first-order valence-electron chi connectivity index (χ1n) is 6.64. The van der Waals surface area contributed by atoms with Crippen LogP contribution >= 0.6 is 11.6 Å². The average molecular weight is 312 g/mol. The van der Waals surface area contributed by atoms with Crippen LogP contribution in [0.4, 0.5) is 0 Å². The Morgan fingerprint density at radius 3 is 2.20 bits per heavy atom. The normalized spacial score (nSPS) is 20.1. The minimum atomic E-state index is -3.79. The van der Waals surface area contributed by atoms with Gasteiger partial charge in [-0.2, -0.15) is 0 Å². The Morgan fingerprint density at radius 2 is 1.75 bits per heavy atom. The minimum Gasteiger partial charge on any atom is -0.228 e.